The summed E-state index contributed by atoms with van der Waals surface area (Å²) in [4.78, 5) is 8.15. The van der Waals surface area contributed by atoms with Crippen molar-refractivity contribution in [3.8, 4) is 6.07 Å². The number of rotatable bonds is 6. The first-order chi connectivity index (χ1) is 11.5. The van der Waals surface area contributed by atoms with E-state index in [1.54, 1.807) is 12.1 Å². The summed E-state index contributed by atoms with van der Waals surface area (Å²) in [6, 6.07) is 8.12. The van der Waals surface area contributed by atoms with E-state index in [-0.39, 0.29) is 22.2 Å². The van der Waals surface area contributed by atoms with Crippen molar-refractivity contribution in [1.82, 2.24) is 14.7 Å². The molecule has 0 radical (unpaired) electrons. The van der Waals surface area contributed by atoms with Crippen molar-refractivity contribution >= 4 is 27.5 Å². The maximum absolute atomic E-state index is 12.1. The number of nitrogens with two attached hydrogens (primary N) is 1. The Morgan fingerprint density at radius 2 is 2.00 bits per heavy atom. The molecule has 4 N–H and O–H groups in total. The number of nitrogens with one attached hydrogen (secondary N) is 2. The Labute approximate surface area is 139 Å². The van der Waals surface area contributed by atoms with Gasteiger partial charge in [0.2, 0.25) is 16.0 Å². The maximum Gasteiger partial charge on any atom is 0.240 e. The maximum atomic E-state index is 12.1. The van der Waals surface area contributed by atoms with Gasteiger partial charge >= 0.3 is 0 Å². The molecule has 1 fully saturated rings. The second-order valence-corrected chi connectivity index (χ2v) is 7.32. The third kappa shape index (κ3) is 3.79. The van der Waals surface area contributed by atoms with E-state index >= 15 is 0 Å². The lowest BCUT2D eigenvalue weighted by molar-refractivity contribution is 0.577. The van der Waals surface area contributed by atoms with Crippen molar-refractivity contribution in [3.05, 3.63) is 36.0 Å². The van der Waals surface area contributed by atoms with Gasteiger partial charge in [-0.3, -0.25) is 0 Å². The van der Waals surface area contributed by atoms with Crippen LogP contribution < -0.4 is 15.8 Å². The van der Waals surface area contributed by atoms with Crippen LogP contribution in [0.4, 0.5) is 17.5 Å². The van der Waals surface area contributed by atoms with Crippen molar-refractivity contribution in [1.29, 1.82) is 5.26 Å². The lowest BCUT2D eigenvalue weighted by Gasteiger charge is -2.08. The molecule has 0 spiro atoms. The van der Waals surface area contributed by atoms with E-state index in [0.29, 0.717) is 18.2 Å². The van der Waals surface area contributed by atoms with E-state index in [4.69, 9.17) is 11.0 Å². The smallest absolute Gasteiger partial charge is 0.240 e. The molecule has 2 aromatic rings. The zero-order valence-electron chi connectivity index (χ0n) is 12.7. The Bertz CT molecular complexity index is 885. The fourth-order valence-electron chi connectivity index (χ4n) is 2.02. The van der Waals surface area contributed by atoms with E-state index in [1.807, 2.05) is 6.07 Å². The molecule has 0 bridgehead atoms. The minimum Gasteiger partial charge on any atom is -0.382 e. The van der Waals surface area contributed by atoms with E-state index < -0.39 is 10.0 Å². The van der Waals surface area contributed by atoms with Crippen LogP contribution in [0.15, 0.2) is 35.4 Å². The molecule has 1 aliphatic carbocycles. The Hall–Kier alpha value is -2.70. The zero-order chi connectivity index (χ0) is 17.2. The van der Waals surface area contributed by atoms with E-state index in [9.17, 15) is 8.42 Å². The molecule has 0 atom stereocenters. The molecule has 3 rings (SSSR count). The molecule has 1 aromatic heterocycles. The number of sulfonamides is 1. The Morgan fingerprint density at radius 3 is 2.58 bits per heavy atom. The van der Waals surface area contributed by atoms with Crippen LogP contribution >= 0.6 is 0 Å². The van der Waals surface area contributed by atoms with Crippen LogP contribution in [0, 0.1) is 17.2 Å². The van der Waals surface area contributed by atoms with Gasteiger partial charge in [-0.25, -0.2) is 18.1 Å². The van der Waals surface area contributed by atoms with Crippen molar-refractivity contribution in [2.24, 2.45) is 5.92 Å². The highest BCUT2D eigenvalue weighted by Crippen LogP contribution is 2.28. The molecular weight excluding hydrogens is 328 g/mol. The fraction of sp³-hybridized carbons (Fsp3) is 0.267. The number of anilines is 3. The molecule has 8 nitrogen and oxygen atoms in total. The molecule has 0 amide bonds. The molecule has 0 unspecified atom stereocenters. The summed E-state index contributed by atoms with van der Waals surface area (Å²) < 4.78 is 26.9. The lowest BCUT2D eigenvalue weighted by Crippen LogP contribution is -2.25. The summed E-state index contributed by atoms with van der Waals surface area (Å²) in [5.74, 6) is 0.784. The average Bonchev–Trinajstić information content (AvgIpc) is 3.38. The average molecular weight is 344 g/mol. The summed E-state index contributed by atoms with van der Waals surface area (Å²) in [6.45, 7) is 0.487. The number of nitriles is 1. The minimum atomic E-state index is -3.49. The van der Waals surface area contributed by atoms with Gasteiger partial charge in [0.05, 0.1) is 11.1 Å². The van der Waals surface area contributed by atoms with Crippen LogP contribution in [0.5, 0.6) is 0 Å². The molecule has 1 heterocycles. The van der Waals surface area contributed by atoms with Gasteiger partial charge in [-0.2, -0.15) is 10.2 Å². The summed E-state index contributed by atoms with van der Waals surface area (Å²) in [7, 11) is -3.49. The van der Waals surface area contributed by atoms with Crippen LogP contribution in [-0.4, -0.2) is 24.9 Å². The van der Waals surface area contributed by atoms with E-state index in [0.717, 1.165) is 12.8 Å². The van der Waals surface area contributed by atoms with Gasteiger partial charge in [0, 0.05) is 12.2 Å². The SMILES string of the molecule is N#Cc1cnc(Nc2ccc(S(=O)(=O)NCC3CC3)cc2)nc1N. The highest BCUT2D eigenvalue weighted by molar-refractivity contribution is 7.89. The van der Waals surface area contributed by atoms with Crippen molar-refractivity contribution in [2.75, 3.05) is 17.6 Å². The summed E-state index contributed by atoms with van der Waals surface area (Å²) >= 11 is 0. The first-order valence-corrected chi connectivity index (χ1v) is 8.85. The van der Waals surface area contributed by atoms with Gasteiger partial charge in [-0.15, -0.1) is 0 Å². The van der Waals surface area contributed by atoms with Crippen molar-refractivity contribution < 1.29 is 8.42 Å². The van der Waals surface area contributed by atoms with Crippen molar-refractivity contribution in [3.63, 3.8) is 0 Å². The highest BCUT2D eigenvalue weighted by atomic mass is 32.2. The van der Waals surface area contributed by atoms with Gasteiger partial charge in [-0.05, 0) is 43.0 Å². The first kappa shape index (κ1) is 16.2. The Morgan fingerprint density at radius 1 is 1.29 bits per heavy atom. The standard InChI is InChI=1S/C15H16N6O2S/c16-7-11-9-18-15(21-14(11)17)20-12-3-5-13(6-4-12)24(22,23)19-8-10-1-2-10/h3-6,9-10,19H,1-2,8H2,(H3,17,18,20,21). The molecule has 0 saturated heterocycles. The number of aromatic nitrogens is 2. The molecular formula is C15H16N6O2S. The third-order valence-corrected chi connectivity index (χ3v) is 5.06. The summed E-state index contributed by atoms with van der Waals surface area (Å²) in [5.41, 5.74) is 6.44. The predicted molar refractivity (Wildman–Crippen MR) is 88.8 cm³/mol. The van der Waals surface area contributed by atoms with Gasteiger partial charge in [0.25, 0.3) is 0 Å². The summed E-state index contributed by atoms with van der Waals surface area (Å²) in [5, 5.41) is 11.7. The number of hydrogen-bond donors (Lipinski definition) is 3. The van der Waals surface area contributed by atoms with Crippen LogP contribution in [0.2, 0.25) is 0 Å². The first-order valence-electron chi connectivity index (χ1n) is 7.37. The summed E-state index contributed by atoms with van der Waals surface area (Å²) in [6.07, 6.45) is 3.49. The lowest BCUT2D eigenvalue weighted by atomic mass is 10.3. The molecule has 0 aliphatic heterocycles. The molecule has 124 valence electrons. The Balaban J connectivity index is 1.70. The van der Waals surface area contributed by atoms with Gasteiger partial charge in [0.1, 0.15) is 17.5 Å². The van der Waals surface area contributed by atoms with Crippen LogP contribution in [0.25, 0.3) is 0 Å². The molecule has 1 aromatic carbocycles. The van der Waals surface area contributed by atoms with E-state index in [2.05, 4.69) is 20.0 Å². The number of nitrogens with zero attached hydrogens (tertiary/aromatic N) is 3. The van der Waals surface area contributed by atoms with Crippen molar-refractivity contribution in [2.45, 2.75) is 17.7 Å². The van der Waals surface area contributed by atoms with Gasteiger partial charge in [-0.1, -0.05) is 0 Å². The third-order valence-electron chi connectivity index (χ3n) is 3.62. The minimum absolute atomic E-state index is 0.0819. The predicted octanol–water partition coefficient (Wildman–Crippen LogP) is 1.36. The quantitative estimate of drug-likeness (QED) is 0.720. The number of hydrogen-bond acceptors (Lipinski definition) is 7. The molecule has 1 aliphatic rings. The Kier molecular flexibility index (Phi) is 4.33. The van der Waals surface area contributed by atoms with E-state index in [1.165, 1.54) is 18.3 Å². The largest absolute Gasteiger partial charge is 0.382 e. The molecule has 24 heavy (non-hydrogen) atoms. The second-order valence-electron chi connectivity index (χ2n) is 5.55. The fourth-order valence-corrected chi connectivity index (χ4v) is 3.14. The molecule has 1 saturated carbocycles. The number of benzene rings is 1. The second kappa shape index (κ2) is 6.43. The van der Waals surface area contributed by atoms with Gasteiger partial charge < -0.3 is 11.1 Å². The van der Waals surface area contributed by atoms with Crippen LogP contribution in [0.3, 0.4) is 0 Å². The normalized spacial score (nSPS) is 14.1. The number of nitrogen functional groups attached to an aromatic ring is 1. The van der Waals surface area contributed by atoms with Crippen LogP contribution in [0.1, 0.15) is 18.4 Å². The zero-order valence-corrected chi connectivity index (χ0v) is 13.5. The highest BCUT2D eigenvalue weighted by Gasteiger charge is 2.24. The van der Waals surface area contributed by atoms with Crippen LogP contribution in [-0.2, 0) is 10.0 Å². The molecule has 9 heteroatoms. The van der Waals surface area contributed by atoms with Gasteiger partial charge in [0.15, 0.2) is 0 Å². The topological polar surface area (TPSA) is 134 Å². The monoisotopic (exact) mass is 344 g/mol.